The lowest BCUT2D eigenvalue weighted by Crippen LogP contribution is -2.49. The number of carbonyl (C=O) groups excluding carboxylic acids is 1. The first-order valence-electron chi connectivity index (χ1n) is 10.4. The Morgan fingerprint density at radius 1 is 1.10 bits per heavy atom. The fourth-order valence-corrected chi connectivity index (χ4v) is 2.86. The maximum Gasteiger partial charge on any atom is 0.240 e. The summed E-state index contributed by atoms with van der Waals surface area (Å²) in [6, 6.07) is 17.0. The first-order valence-corrected chi connectivity index (χ1v) is 10.4. The van der Waals surface area contributed by atoms with Gasteiger partial charge in [-0.05, 0) is 50.2 Å². The molecule has 0 aromatic heterocycles. The summed E-state index contributed by atoms with van der Waals surface area (Å²) in [6.45, 7) is 5.46. The molecule has 1 aliphatic rings. The summed E-state index contributed by atoms with van der Waals surface area (Å²) < 4.78 is 11.3. The lowest BCUT2D eigenvalue weighted by atomic mass is 10.1. The quantitative estimate of drug-likeness (QED) is 0.465. The van der Waals surface area contributed by atoms with Gasteiger partial charge >= 0.3 is 0 Å². The van der Waals surface area contributed by atoms with E-state index in [-0.39, 0.29) is 18.1 Å². The van der Waals surface area contributed by atoms with Crippen molar-refractivity contribution in [2.45, 2.75) is 38.3 Å². The van der Waals surface area contributed by atoms with E-state index in [0.717, 1.165) is 11.4 Å². The lowest BCUT2D eigenvalue weighted by Gasteiger charge is -2.28. The number of nitrogens with one attached hydrogen (secondary N) is 3. The number of benzene rings is 2. The van der Waals surface area contributed by atoms with Gasteiger partial charge in [0.1, 0.15) is 24.2 Å². The molecule has 1 heterocycles. The van der Waals surface area contributed by atoms with E-state index in [0.29, 0.717) is 37.6 Å². The minimum Gasteiger partial charge on any atom is -0.491 e. The standard InChI is InChI=1S/C23H30N4O4/c1-23(2,25-14-18(28)15-30-19-6-4-3-5-7-19)16-24-17-8-10-20(11-9-17)31-22-13-12-21(29)26-27-22/h3-11,18,24-25,28H,12-16H2,1-2H3,(H,26,29). The van der Waals surface area contributed by atoms with Crippen molar-refractivity contribution in [1.29, 1.82) is 0 Å². The first kappa shape index (κ1) is 22.6. The molecule has 2 aromatic carbocycles. The molecule has 0 radical (unpaired) electrons. The van der Waals surface area contributed by atoms with Crippen molar-refractivity contribution >= 4 is 17.5 Å². The van der Waals surface area contributed by atoms with Crippen LogP contribution in [-0.4, -0.2) is 48.3 Å². The van der Waals surface area contributed by atoms with Crippen molar-refractivity contribution in [3.63, 3.8) is 0 Å². The average molecular weight is 427 g/mol. The zero-order valence-corrected chi connectivity index (χ0v) is 17.9. The summed E-state index contributed by atoms with van der Waals surface area (Å²) in [7, 11) is 0. The van der Waals surface area contributed by atoms with Gasteiger partial charge in [-0.15, -0.1) is 5.10 Å². The van der Waals surface area contributed by atoms with Crippen LogP contribution < -0.4 is 25.5 Å². The van der Waals surface area contributed by atoms with Crippen LogP contribution in [0, 0.1) is 0 Å². The van der Waals surface area contributed by atoms with E-state index >= 15 is 0 Å². The number of anilines is 1. The summed E-state index contributed by atoms with van der Waals surface area (Å²) in [6.07, 6.45) is 0.269. The second-order valence-corrected chi connectivity index (χ2v) is 8.06. The van der Waals surface area contributed by atoms with Gasteiger partial charge in [0.2, 0.25) is 11.8 Å². The van der Waals surface area contributed by atoms with Gasteiger partial charge in [0.05, 0.1) is 0 Å². The largest absolute Gasteiger partial charge is 0.491 e. The Balaban J connectivity index is 1.38. The molecule has 1 aliphatic heterocycles. The maximum absolute atomic E-state index is 11.1. The molecule has 0 spiro atoms. The summed E-state index contributed by atoms with van der Waals surface area (Å²) in [5, 5.41) is 20.8. The number of aliphatic hydroxyl groups is 1. The van der Waals surface area contributed by atoms with Gasteiger partial charge in [-0.2, -0.15) is 0 Å². The molecular weight excluding hydrogens is 396 g/mol. The summed E-state index contributed by atoms with van der Waals surface area (Å²) >= 11 is 0. The van der Waals surface area contributed by atoms with Crippen molar-refractivity contribution in [3.05, 3.63) is 54.6 Å². The van der Waals surface area contributed by atoms with Crippen molar-refractivity contribution in [2.24, 2.45) is 5.10 Å². The van der Waals surface area contributed by atoms with Crippen LogP contribution in [0.25, 0.3) is 0 Å². The molecule has 8 nitrogen and oxygen atoms in total. The summed E-state index contributed by atoms with van der Waals surface area (Å²) in [5.74, 6) is 1.81. The number of β-amino-alcohol motifs (C(OH)–C–C–N with tert-alkyl or cyclic N) is 1. The molecule has 8 heteroatoms. The predicted octanol–water partition coefficient (Wildman–Crippen LogP) is 2.51. The Bertz CT molecular complexity index is 869. The topological polar surface area (TPSA) is 104 Å². The van der Waals surface area contributed by atoms with E-state index in [2.05, 4.69) is 35.0 Å². The number of hydrogen-bond acceptors (Lipinski definition) is 7. The molecule has 0 saturated heterocycles. The van der Waals surface area contributed by atoms with Gasteiger partial charge in [0, 0.05) is 37.2 Å². The number of rotatable bonds is 10. The third-order valence-corrected chi connectivity index (χ3v) is 4.70. The van der Waals surface area contributed by atoms with Crippen LogP contribution in [0.1, 0.15) is 26.7 Å². The van der Waals surface area contributed by atoms with Gasteiger partial charge in [-0.1, -0.05) is 18.2 Å². The molecule has 3 rings (SSSR count). The van der Waals surface area contributed by atoms with E-state index in [9.17, 15) is 9.90 Å². The van der Waals surface area contributed by atoms with E-state index < -0.39 is 6.10 Å². The number of nitrogens with zero attached hydrogens (tertiary/aromatic N) is 1. The van der Waals surface area contributed by atoms with Crippen molar-refractivity contribution < 1.29 is 19.4 Å². The highest BCUT2D eigenvalue weighted by Crippen LogP contribution is 2.18. The number of carbonyl (C=O) groups is 1. The molecule has 0 saturated carbocycles. The van der Waals surface area contributed by atoms with E-state index in [1.165, 1.54) is 0 Å². The number of aliphatic hydroxyl groups excluding tert-OH is 1. The van der Waals surface area contributed by atoms with Crippen molar-refractivity contribution in [2.75, 3.05) is 25.0 Å². The molecule has 166 valence electrons. The monoisotopic (exact) mass is 426 g/mol. The van der Waals surface area contributed by atoms with Crippen LogP contribution in [0.4, 0.5) is 5.69 Å². The summed E-state index contributed by atoms with van der Waals surface area (Å²) in [5.41, 5.74) is 3.13. The Hall–Kier alpha value is -3.10. The summed E-state index contributed by atoms with van der Waals surface area (Å²) in [4.78, 5) is 11.1. The molecule has 1 atom stereocenters. The molecular formula is C23H30N4O4. The van der Waals surface area contributed by atoms with Gasteiger partial charge in [0.15, 0.2) is 0 Å². The molecule has 0 aliphatic carbocycles. The van der Waals surface area contributed by atoms with E-state index in [1.54, 1.807) is 0 Å². The average Bonchev–Trinajstić information content (AvgIpc) is 2.78. The third-order valence-electron chi connectivity index (χ3n) is 4.70. The van der Waals surface area contributed by atoms with Crippen molar-refractivity contribution in [1.82, 2.24) is 10.7 Å². The fourth-order valence-electron chi connectivity index (χ4n) is 2.86. The van der Waals surface area contributed by atoms with Crippen LogP contribution in [0.2, 0.25) is 0 Å². The lowest BCUT2D eigenvalue weighted by molar-refractivity contribution is -0.121. The second-order valence-electron chi connectivity index (χ2n) is 8.06. The Kier molecular flexibility index (Phi) is 7.86. The number of amides is 1. The molecule has 0 fully saturated rings. The Morgan fingerprint density at radius 2 is 1.84 bits per heavy atom. The number of hydrogen-bond donors (Lipinski definition) is 4. The smallest absolute Gasteiger partial charge is 0.240 e. The third kappa shape index (κ3) is 7.92. The first-order chi connectivity index (χ1) is 14.9. The zero-order chi connectivity index (χ0) is 22.1. The SMILES string of the molecule is CC(C)(CNc1ccc(OC2=NNC(=O)CC2)cc1)NCC(O)COc1ccccc1. The van der Waals surface area contributed by atoms with Gasteiger partial charge < -0.3 is 25.2 Å². The minimum atomic E-state index is -0.608. The van der Waals surface area contributed by atoms with Crippen LogP contribution in [-0.2, 0) is 4.79 Å². The number of hydrazone groups is 1. The van der Waals surface area contributed by atoms with Crippen molar-refractivity contribution in [3.8, 4) is 11.5 Å². The Morgan fingerprint density at radius 3 is 2.52 bits per heavy atom. The van der Waals surface area contributed by atoms with Crippen LogP contribution in [0.5, 0.6) is 11.5 Å². The zero-order valence-electron chi connectivity index (χ0n) is 17.9. The van der Waals surface area contributed by atoms with Crippen LogP contribution in [0.15, 0.2) is 59.7 Å². The van der Waals surface area contributed by atoms with E-state index in [4.69, 9.17) is 9.47 Å². The van der Waals surface area contributed by atoms with Gasteiger partial charge in [-0.3, -0.25) is 4.79 Å². The fraction of sp³-hybridized carbons (Fsp3) is 0.391. The normalized spacial score (nSPS) is 14.9. The maximum atomic E-state index is 11.1. The van der Waals surface area contributed by atoms with Crippen LogP contribution in [0.3, 0.4) is 0 Å². The number of para-hydroxylation sites is 1. The highest BCUT2D eigenvalue weighted by molar-refractivity contribution is 5.89. The second kappa shape index (κ2) is 10.8. The molecule has 31 heavy (non-hydrogen) atoms. The molecule has 0 bridgehead atoms. The molecule has 4 N–H and O–H groups in total. The number of ether oxygens (including phenoxy) is 2. The highest BCUT2D eigenvalue weighted by Gasteiger charge is 2.19. The molecule has 1 unspecified atom stereocenters. The van der Waals surface area contributed by atoms with Gasteiger partial charge in [0.25, 0.3) is 0 Å². The highest BCUT2D eigenvalue weighted by atomic mass is 16.5. The Labute approximate surface area is 182 Å². The molecule has 1 amide bonds. The minimum absolute atomic E-state index is 0.0978. The molecule has 2 aromatic rings. The van der Waals surface area contributed by atoms with Gasteiger partial charge in [-0.25, -0.2) is 5.43 Å². The predicted molar refractivity (Wildman–Crippen MR) is 120 cm³/mol. The van der Waals surface area contributed by atoms with Crippen LogP contribution >= 0.6 is 0 Å². The van der Waals surface area contributed by atoms with E-state index in [1.807, 2.05) is 54.6 Å².